The molecule has 1 N–H and O–H groups in total. The van der Waals surface area contributed by atoms with E-state index < -0.39 is 15.8 Å². The highest BCUT2D eigenvalue weighted by Crippen LogP contribution is 2.24. The normalized spacial score (nSPS) is 12.4. The van der Waals surface area contributed by atoms with Crippen molar-refractivity contribution in [3.8, 4) is 0 Å². The van der Waals surface area contributed by atoms with Gasteiger partial charge in [0, 0.05) is 19.5 Å². The van der Waals surface area contributed by atoms with Crippen molar-refractivity contribution in [2.24, 2.45) is 0 Å². The van der Waals surface area contributed by atoms with Crippen LogP contribution in [0.15, 0.2) is 48.5 Å². The van der Waals surface area contributed by atoms with Crippen LogP contribution in [0.5, 0.6) is 0 Å². The number of nitrogens with zero attached hydrogens (tertiary/aromatic N) is 1. The van der Waals surface area contributed by atoms with Crippen LogP contribution in [0.2, 0.25) is 5.02 Å². The number of halogens is 2. The molecule has 0 unspecified atom stereocenters. The molecule has 0 heterocycles. The second kappa shape index (κ2) is 9.89. The first-order valence-electron chi connectivity index (χ1n) is 8.93. The average Bonchev–Trinajstić information content (AvgIpc) is 2.65. The fourth-order valence-corrected chi connectivity index (χ4v) is 3.90. The van der Waals surface area contributed by atoms with Gasteiger partial charge in [-0.1, -0.05) is 48.9 Å². The molecule has 1 atom stereocenters. The quantitative estimate of drug-likeness (QED) is 0.660. The zero-order chi connectivity index (χ0) is 20.7. The van der Waals surface area contributed by atoms with Gasteiger partial charge >= 0.3 is 0 Å². The van der Waals surface area contributed by atoms with Gasteiger partial charge < -0.3 is 5.32 Å². The van der Waals surface area contributed by atoms with E-state index in [0.29, 0.717) is 13.0 Å². The molecule has 0 radical (unpaired) electrons. The van der Waals surface area contributed by atoms with E-state index in [-0.39, 0.29) is 35.5 Å². The molecule has 0 aromatic heterocycles. The van der Waals surface area contributed by atoms with Crippen molar-refractivity contribution < 1.29 is 17.6 Å². The molecule has 28 heavy (non-hydrogen) atoms. The van der Waals surface area contributed by atoms with Crippen LogP contribution in [0.4, 0.5) is 10.1 Å². The Kier molecular flexibility index (Phi) is 7.83. The van der Waals surface area contributed by atoms with Gasteiger partial charge in [-0.2, -0.15) is 0 Å². The van der Waals surface area contributed by atoms with Crippen molar-refractivity contribution in [3.63, 3.8) is 0 Å². The number of benzene rings is 2. The molecule has 0 saturated carbocycles. The van der Waals surface area contributed by atoms with E-state index in [2.05, 4.69) is 5.32 Å². The maximum absolute atomic E-state index is 13.3. The van der Waals surface area contributed by atoms with Gasteiger partial charge in [0.15, 0.2) is 0 Å². The van der Waals surface area contributed by atoms with Crippen molar-refractivity contribution >= 4 is 33.2 Å². The summed E-state index contributed by atoms with van der Waals surface area (Å²) in [5.74, 6) is -0.585. The van der Waals surface area contributed by atoms with Gasteiger partial charge in [0.05, 0.1) is 17.0 Å². The minimum Gasteiger partial charge on any atom is -0.356 e. The molecular weight excluding hydrogens is 403 g/mol. The monoisotopic (exact) mass is 426 g/mol. The predicted molar refractivity (Wildman–Crippen MR) is 111 cm³/mol. The summed E-state index contributed by atoms with van der Waals surface area (Å²) in [4.78, 5) is 12.1. The Morgan fingerprint density at radius 2 is 1.89 bits per heavy atom. The number of sulfonamides is 1. The molecule has 2 rings (SSSR count). The SMILES string of the molecule is C[C@H](CNC(=O)CCCN(c1ccc(F)c(Cl)c1)S(C)(=O)=O)c1ccccc1. The van der Waals surface area contributed by atoms with Gasteiger partial charge in [-0.3, -0.25) is 9.10 Å². The van der Waals surface area contributed by atoms with Gasteiger partial charge in [-0.05, 0) is 36.1 Å². The lowest BCUT2D eigenvalue weighted by molar-refractivity contribution is -0.121. The highest BCUT2D eigenvalue weighted by Gasteiger charge is 2.19. The summed E-state index contributed by atoms with van der Waals surface area (Å²) in [5, 5.41) is 2.72. The second-order valence-electron chi connectivity index (χ2n) is 6.65. The predicted octanol–water partition coefficient (Wildman–Crippen LogP) is 3.95. The highest BCUT2D eigenvalue weighted by molar-refractivity contribution is 7.92. The summed E-state index contributed by atoms with van der Waals surface area (Å²) in [5.41, 5.74) is 1.41. The van der Waals surface area contributed by atoms with Gasteiger partial charge in [0.2, 0.25) is 15.9 Å². The summed E-state index contributed by atoms with van der Waals surface area (Å²) in [6.07, 6.45) is 1.57. The van der Waals surface area contributed by atoms with Gasteiger partial charge in [-0.15, -0.1) is 0 Å². The van der Waals surface area contributed by atoms with Crippen LogP contribution >= 0.6 is 11.6 Å². The molecule has 2 aromatic carbocycles. The zero-order valence-electron chi connectivity index (χ0n) is 15.9. The number of hydrogen-bond donors (Lipinski definition) is 1. The summed E-state index contributed by atoms with van der Waals surface area (Å²) < 4.78 is 38.6. The lowest BCUT2D eigenvalue weighted by atomic mass is 10.0. The maximum Gasteiger partial charge on any atom is 0.232 e. The molecule has 0 spiro atoms. The lowest BCUT2D eigenvalue weighted by Crippen LogP contribution is -2.32. The number of rotatable bonds is 9. The van der Waals surface area contributed by atoms with Crippen molar-refractivity contribution in [1.82, 2.24) is 5.32 Å². The number of carbonyl (C=O) groups is 1. The van der Waals surface area contributed by atoms with Crippen LogP contribution in [0.1, 0.15) is 31.2 Å². The fourth-order valence-electron chi connectivity index (χ4n) is 2.76. The third kappa shape index (κ3) is 6.49. The molecule has 5 nitrogen and oxygen atoms in total. The molecule has 1 amide bonds. The summed E-state index contributed by atoms with van der Waals surface area (Å²) in [6.45, 7) is 2.63. The van der Waals surface area contributed by atoms with E-state index in [1.165, 1.54) is 12.1 Å². The first kappa shape index (κ1) is 22.2. The van der Waals surface area contributed by atoms with Gasteiger partial charge in [-0.25, -0.2) is 12.8 Å². The van der Waals surface area contributed by atoms with E-state index >= 15 is 0 Å². The molecule has 0 saturated heterocycles. The Labute approximate surface area is 170 Å². The maximum atomic E-state index is 13.3. The van der Waals surface area contributed by atoms with Crippen LogP contribution in [-0.2, 0) is 14.8 Å². The topological polar surface area (TPSA) is 66.5 Å². The Bertz CT molecular complexity index is 907. The Hall–Kier alpha value is -2.12. The average molecular weight is 427 g/mol. The second-order valence-corrected chi connectivity index (χ2v) is 8.97. The Morgan fingerprint density at radius 1 is 1.21 bits per heavy atom. The summed E-state index contributed by atoms with van der Waals surface area (Å²) in [6, 6.07) is 13.6. The van der Waals surface area contributed by atoms with Gasteiger partial charge in [0.1, 0.15) is 5.82 Å². The number of carbonyl (C=O) groups excluding carboxylic acids is 1. The molecule has 152 valence electrons. The van der Waals surface area contributed by atoms with Crippen LogP contribution in [0.3, 0.4) is 0 Å². The van der Waals surface area contributed by atoms with Crippen molar-refractivity contribution in [3.05, 3.63) is 64.9 Å². The van der Waals surface area contributed by atoms with E-state index in [4.69, 9.17) is 11.6 Å². The standard InChI is InChI=1S/C20H24ClFN2O3S/c1-15(16-7-4-3-5-8-16)14-23-20(25)9-6-12-24(28(2,26)27)17-10-11-19(22)18(21)13-17/h3-5,7-8,10-11,13,15H,6,9,12,14H2,1-2H3,(H,23,25)/t15-/m1/s1. The molecular formula is C20H24ClFN2O3S. The smallest absolute Gasteiger partial charge is 0.232 e. The highest BCUT2D eigenvalue weighted by atomic mass is 35.5. The fraction of sp³-hybridized carbons (Fsp3) is 0.350. The first-order chi connectivity index (χ1) is 13.2. The Balaban J connectivity index is 1.88. The first-order valence-corrected chi connectivity index (χ1v) is 11.2. The van der Waals surface area contributed by atoms with Crippen molar-refractivity contribution in [2.75, 3.05) is 23.7 Å². The minimum atomic E-state index is -3.59. The van der Waals surface area contributed by atoms with Crippen LogP contribution in [0.25, 0.3) is 0 Å². The van der Waals surface area contributed by atoms with Crippen LogP contribution < -0.4 is 9.62 Å². The van der Waals surface area contributed by atoms with Crippen LogP contribution in [0, 0.1) is 5.82 Å². The summed E-state index contributed by atoms with van der Waals surface area (Å²) >= 11 is 5.75. The zero-order valence-corrected chi connectivity index (χ0v) is 17.4. The Morgan fingerprint density at radius 3 is 2.50 bits per heavy atom. The van der Waals surface area contributed by atoms with Gasteiger partial charge in [0.25, 0.3) is 0 Å². The third-order valence-electron chi connectivity index (χ3n) is 4.33. The van der Waals surface area contributed by atoms with E-state index in [1.807, 2.05) is 37.3 Å². The van der Waals surface area contributed by atoms with Crippen molar-refractivity contribution in [2.45, 2.75) is 25.7 Å². The number of nitrogens with one attached hydrogen (secondary N) is 1. The van der Waals surface area contributed by atoms with Crippen LogP contribution in [-0.4, -0.2) is 33.7 Å². The lowest BCUT2D eigenvalue weighted by Gasteiger charge is -2.22. The van der Waals surface area contributed by atoms with E-state index in [9.17, 15) is 17.6 Å². The molecule has 0 aliphatic carbocycles. The number of anilines is 1. The summed E-state index contributed by atoms with van der Waals surface area (Å²) in [7, 11) is -3.59. The van der Waals surface area contributed by atoms with E-state index in [0.717, 1.165) is 22.2 Å². The molecule has 0 aliphatic rings. The molecule has 2 aromatic rings. The molecule has 0 fully saturated rings. The third-order valence-corrected chi connectivity index (χ3v) is 5.81. The molecule has 0 aliphatic heterocycles. The largest absolute Gasteiger partial charge is 0.356 e. The molecule has 8 heteroatoms. The number of hydrogen-bond acceptors (Lipinski definition) is 3. The molecule has 0 bridgehead atoms. The van der Waals surface area contributed by atoms with E-state index in [1.54, 1.807) is 0 Å². The minimum absolute atomic E-state index is 0.0997. The number of amides is 1. The van der Waals surface area contributed by atoms with Crippen molar-refractivity contribution in [1.29, 1.82) is 0 Å².